The summed E-state index contributed by atoms with van der Waals surface area (Å²) in [6.07, 6.45) is 5.67. The number of aromatic nitrogens is 1. The molecule has 0 saturated carbocycles. The highest BCUT2D eigenvalue weighted by atomic mass is 16.5. The van der Waals surface area contributed by atoms with E-state index in [1.165, 1.54) is 0 Å². The molecule has 0 aliphatic carbocycles. The van der Waals surface area contributed by atoms with Crippen LogP contribution in [0.5, 0.6) is 5.75 Å². The summed E-state index contributed by atoms with van der Waals surface area (Å²) in [6, 6.07) is 1.90. The molecule has 1 aliphatic rings. The van der Waals surface area contributed by atoms with Gasteiger partial charge in [-0.05, 0) is 18.9 Å². The standard InChI is InChI=1S/C12H18N2O2/c1-15-11-7-14-5-4-10(11)12(13)9-3-2-6-16-8-9/h4-5,7,9,12H,2-3,6,8,13H2,1H3. The number of rotatable bonds is 3. The summed E-state index contributed by atoms with van der Waals surface area (Å²) in [5.41, 5.74) is 7.28. The van der Waals surface area contributed by atoms with Crippen molar-refractivity contribution in [1.29, 1.82) is 0 Å². The van der Waals surface area contributed by atoms with E-state index in [-0.39, 0.29) is 6.04 Å². The number of nitrogens with zero attached hydrogens (tertiary/aromatic N) is 1. The van der Waals surface area contributed by atoms with Gasteiger partial charge in [0.25, 0.3) is 0 Å². The van der Waals surface area contributed by atoms with Gasteiger partial charge in [-0.15, -0.1) is 0 Å². The van der Waals surface area contributed by atoms with Crippen LogP contribution in [0, 0.1) is 5.92 Å². The van der Waals surface area contributed by atoms with Crippen molar-refractivity contribution in [3.8, 4) is 5.75 Å². The molecule has 0 spiro atoms. The zero-order valence-electron chi connectivity index (χ0n) is 9.56. The van der Waals surface area contributed by atoms with Crippen molar-refractivity contribution in [3.63, 3.8) is 0 Å². The molecule has 2 heterocycles. The molecule has 16 heavy (non-hydrogen) atoms. The van der Waals surface area contributed by atoms with Crippen LogP contribution in [-0.2, 0) is 4.74 Å². The summed E-state index contributed by atoms with van der Waals surface area (Å²) in [6.45, 7) is 1.60. The third-order valence-corrected chi connectivity index (χ3v) is 3.10. The molecule has 2 atom stereocenters. The summed E-state index contributed by atoms with van der Waals surface area (Å²) in [5, 5.41) is 0. The van der Waals surface area contributed by atoms with Crippen LogP contribution in [-0.4, -0.2) is 25.3 Å². The van der Waals surface area contributed by atoms with Gasteiger partial charge in [0.15, 0.2) is 0 Å². The zero-order chi connectivity index (χ0) is 11.4. The van der Waals surface area contributed by atoms with Gasteiger partial charge in [-0.25, -0.2) is 0 Å². The van der Waals surface area contributed by atoms with E-state index in [0.717, 1.165) is 37.4 Å². The van der Waals surface area contributed by atoms with E-state index < -0.39 is 0 Å². The number of hydrogen-bond acceptors (Lipinski definition) is 4. The Labute approximate surface area is 95.8 Å². The van der Waals surface area contributed by atoms with Crippen LogP contribution in [0.15, 0.2) is 18.5 Å². The van der Waals surface area contributed by atoms with Crippen LogP contribution < -0.4 is 10.5 Å². The maximum atomic E-state index is 6.26. The van der Waals surface area contributed by atoms with Crippen LogP contribution in [0.3, 0.4) is 0 Å². The van der Waals surface area contributed by atoms with Gasteiger partial charge in [-0.2, -0.15) is 0 Å². The van der Waals surface area contributed by atoms with Crippen molar-refractivity contribution < 1.29 is 9.47 Å². The van der Waals surface area contributed by atoms with Crippen molar-refractivity contribution in [2.24, 2.45) is 11.7 Å². The predicted octanol–water partition coefficient (Wildman–Crippen LogP) is 1.52. The third kappa shape index (κ3) is 2.33. The van der Waals surface area contributed by atoms with Gasteiger partial charge in [0.1, 0.15) is 5.75 Å². The average Bonchev–Trinajstić information content (AvgIpc) is 2.39. The summed E-state index contributed by atoms with van der Waals surface area (Å²) >= 11 is 0. The Bertz CT molecular complexity index is 338. The van der Waals surface area contributed by atoms with E-state index in [1.807, 2.05) is 6.07 Å². The first-order valence-corrected chi connectivity index (χ1v) is 5.64. The minimum atomic E-state index is -0.0294. The molecule has 1 fully saturated rings. The first-order valence-electron chi connectivity index (χ1n) is 5.64. The maximum absolute atomic E-state index is 6.26. The Hall–Kier alpha value is -1.13. The number of pyridine rings is 1. The normalized spacial score (nSPS) is 22.8. The summed E-state index contributed by atoms with van der Waals surface area (Å²) in [4.78, 5) is 4.03. The van der Waals surface area contributed by atoms with Crippen molar-refractivity contribution in [1.82, 2.24) is 4.98 Å². The summed E-state index contributed by atoms with van der Waals surface area (Å²) in [7, 11) is 1.64. The third-order valence-electron chi connectivity index (χ3n) is 3.10. The minimum absolute atomic E-state index is 0.0294. The topological polar surface area (TPSA) is 57.4 Å². The predicted molar refractivity (Wildman–Crippen MR) is 61.3 cm³/mol. The highest BCUT2D eigenvalue weighted by Gasteiger charge is 2.24. The van der Waals surface area contributed by atoms with Crippen molar-refractivity contribution in [2.75, 3.05) is 20.3 Å². The lowest BCUT2D eigenvalue weighted by Crippen LogP contribution is -2.29. The average molecular weight is 222 g/mol. The monoisotopic (exact) mass is 222 g/mol. The Kier molecular flexibility index (Phi) is 3.74. The maximum Gasteiger partial charge on any atom is 0.141 e. The fraction of sp³-hybridized carbons (Fsp3) is 0.583. The lowest BCUT2D eigenvalue weighted by Gasteiger charge is -2.28. The van der Waals surface area contributed by atoms with E-state index in [9.17, 15) is 0 Å². The number of nitrogens with two attached hydrogens (primary N) is 1. The molecule has 2 rings (SSSR count). The highest BCUT2D eigenvalue weighted by molar-refractivity contribution is 5.33. The largest absolute Gasteiger partial charge is 0.495 e. The van der Waals surface area contributed by atoms with E-state index in [2.05, 4.69) is 4.98 Å². The molecule has 2 unspecified atom stereocenters. The van der Waals surface area contributed by atoms with Gasteiger partial charge in [0.05, 0.1) is 19.9 Å². The molecule has 1 saturated heterocycles. The second-order valence-corrected chi connectivity index (χ2v) is 4.12. The minimum Gasteiger partial charge on any atom is -0.495 e. The fourth-order valence-electron chi connectivity index (χ4n) is 2.14. The van der Waals surface area contributed by atoms with Crippen LogP contribution in [0.2, 0.25) is 0 Å². The molecule has 2 N–H and O–H groups in total. The van der Waals surface area contributed by atoms with Crippen LogP contribution >= 0.6 is 0 Å². The highest BCUT2D eigenvalue weighted by Crippen LogP contribution is 2.31. The molecule has 0 bridgehead atoms. The smallest absolute Gasteiger partial charge is 0.141 e. The molecule has 0 aromatic carbocycles. The van der Waals surface area contributed by atoms with Gasteiger partial charge in [0, 0.05) is 30.3 Å². The van der Waals surface area contributed by atoms with E-state index in [4.69, 9.17) is 15.2 Å². The Balaban J connectivity index is 2.15. The van der Waals surface area contributed by atoms with Gasteiger partial charge in [-0.3, -0.25) is 4.98 Å². The van der Waals surface area contributed by atoms with E-state index in [1.54, 1.807) is 19.5 Å². The molecule has 1 aromatic heterocycles. The van der Waals surface area contributed by atoms with Gasteiger partial charge in [0.2, 0.25) is 0 Å². The molecular weight excluding hydrogens is 204 g/mol. The van der Waals surface area contributed by atoms with Gasteiger partial charge in [-0.1, -0.05) is 0 Å². The van der Waals surface area contributed by atoms with Crippen molar-refractivity contribution in [3.05, 3.63) is 24.0 Å². The molecular formula is C12H18N2O2. The van der Waals surface area contributed by atoms with E-state index >= 15 is 0 Å². The molecule has 0 amide bonds. The molecule has 1 aliphatic heterocycles. The SMILES string of the molecule is COc1cnccc1C(N)C1CCCOC1. The lowest BCUT2D eigenvalue weighted by atomic mass is 9.89. The first-order chi connectivity index (χ1) is 7.83. The van der Waals surface area contributed by atoms with Crippen molar-refractivity contribution >= 4 is 0 Å². The fourth-order valence-corrected chi connectivity index (χ4v) is 2.14. The second kappa shape index (κ2) is 5.27. The van der Waals surface area contributed by atoms with E-state index in [0.29, 0.717) is 5.92 Å². The van der Waals surface area contributed by atoms with Crippen molar-refractivity contribution in [2.45, 2.75) is 18.9 Å². The van der Waals surface area contributed by atoms with Gasteiger partial charge < -0.3 is 15.2 Å². The Morgan fingerprint density at radius 3 is 3.19 bits per heavy atom. The summed E-state index contributed by atoms with van der Waals surface area (Å²) < 4.78 is 10.7. The first kappa shape index (κ1) is 11.4. The molecule has 4 heteroatoms. The number of methoxy groups -OCH3 is 1. The lowest BCUT2D eigenvalue weighted by molar-refractivity contribution is 0.0444. The molecule has 1 aromatic rings. The molecule has 4 nitrogen and oxygen atoms in total. The summed E-state index contributed by atoms with van der Waals surface area (Å²) in [5.74, 6) is 1.14. The molecule has 88 valence electrons. The Morgan fingerprint density at radius 2 is 2.50 bits per heavy atom. The van der Waals surface area contributed by atoms with Gasteiger partial charge >= 0.3 is 0 Å². The van der Waals surface area contributed by atoms with Crippen LogP contribution in [0.1, 0.15) is 24.4 Å². The second-order valence-electron chi connectivity index (χ2n) is 4.12. The zero-order valence-corrected chi connectivity index (χ0v) is 9.56. The van der Waals surface area contributed by atoms with Crippen LogP contribution in [0.25, 0.3) is 0 Å². The quantitative estimate of drug-likeness (QED) is 0.842. The number of ether oxygens (including phenoxy) is 2. The Morgan fingerprint density at radius 1 is 1.62 bits per heavy atom. The number of hydrogen-bond donors (Lipinski definition) is 1. The molecule has 0 radical (unpaired) electrons. The van der Waals surface area contributed by atoms with Crippen LogP contribution in [0.4, 0.5) is 0 Å².